The van der Waals surface area contributed by atoms with Gasteiger partial charge < -0.3 is 15.7 Å². The molecule has 4 heteroatoms. The lowest BCUT2D eigenvalue weighted by Crippen LogP contribution is -2.29. The number of rotatable bonds is 6. The number of anilines is 1. The Hall–Kier alpha value is -1.13. The summed E-state index contributed by atoms with van der Waals surface area (Å²) in [7, 11) is 0. The number of aliphatic hydroxyl groups is 1. The average molecular weight is 235 g/mol. The van der Waals surface area contributed by atoms with E-state index in [4.69, 9.17) is 5.11 Å². The van der Waals surface area contributed by atoms with Crippen LogP contribution in [-0.2, 0) is 12.8 Å². The standard InChI is InChI=1S/C13H21N3O/c1-10(17)9-14-7-8-15-13-6-5-11-3-2-4-12(11)16-13/h5-6,10,14,17H,2-4,7-9H2,1H3,(H,15,16). The molecule has 0 bridgehead atoms. The van der Waals surface area contributed by atoms with Gasteiger partial charge in [0.1, 0.15) is 5.82 Å². The van der Waals surface area contributed by atoms with Crippen molar-refractivity contribution in [2.75, 3.05) is 25.0 Å². The summed E-state index contributed by atoms with van der Waals surface area (Å²) in [6, 6.07) is 4.24. The predicted octanol–water partition coefficient (Wildman–Crippen LogP) is 0.953. The summed E-state index contributed by atoms with van der Waals surface area (Å²) in [5.74, 6) is 0.962. The van der Waals surface area contributed by atoms with Crippen LogP contribution in [0, 0.1) is 0 Å². The van der Waals surface area contributed by atoms with Crippen molar-refractivity contribution >= 4 is 5.82 Å². The van der Waals surface area contributed by atoms with Gasteiger partial charge in [-0.2, -0.15) is 0 Å². The van der Waals surface area contributed by atoms with Gasteiger partial charge in [0.15, 0.2) is 0 Å². The number of nitrogens with zero attached hydrogens (tertiary/aromatic N) is 1. The molecule has 1 aromatic heterocycles. The second-order valence-electron chi connectivity index (χ2n) is 4.64. The molecule has 0 amide bonds. The molecule has 1 unspecified atom stereocenters. The molecular weight excluding hydrogens is 214 g/mol. The Kier molecular flexibility index (Phi) is 4.34. The zero-order valence-corrected chi connectivity index (χ0v) is 10.4. The van der Waals surface area contributed by atoms with E-state index in [0.717, 1.165) is 25.3 Å². The van der Waals surface area contributed by atoms with Gasteiger partial charge >= 0.3 is 0 Å². The van der Waals surface area contributed by atoms with Crippen LogP contribution in [0.3, 0.4) is 0 Å². The van der Waals surface area contributed by atoms with Crippen LogP contribution in [0.5, 0.6) is 0 Å². The molecular formula is C13H21N3O. The molecule has 0 radical (unpaired) electrons. The van der Waals surface area contributed by atoms with Gasteiger partial charge in [-0.15, -0.1) is 0 Å². The third kappa shape index (κ3) is 3.68. The fourth-order valence-corrected chi connectivity index (χ4v) is 2.11. The zero-order chi connectivity index (χ0) is 12.1. The maximum Gasteiger partial charge on any atom is 0.126 e. The summed E-state index contributed by atoms with van der Waals surface area (Å²) in [5.41, 5.74) is 2.66. The van der Waals surface area contributed by atoms with E-state index in [1.54, 1.807) is 6.92 Å². The van der Waals surface area contributed by atoms with Gasteiger partial charge in [-0.05, 0) is 37.8 Å². The molecule has 94 valence electrons. The van der Waals surface area contributed by atoms with E-state index in [0.29, 0.717) is 6.54 Å². The van der Waals surface area contributed by atoms with E-state index < -0.39 is 0 Å². The predicted molar refractivity (Wildman–Crippen MR) is 69.3 cm³/mol. The highest BCUT2D eigenvalue weighted by Crippen LogP contribution is 2.21. The van der Waals surface area contributed by atoms with E-state index in [-0.39, 0.29) is 6.10 Å². The maximum absolute atomic E-state index is 9.08. The van der Waals surface area contributed by atoms with E-state index >= 15 is 0 Å². The highest BCUT2D eigenvalue weighted by molar-refractivity contribution is 5.40. The average Bonchev–Trinajstić information content (AvgIpc) is 2.75. The first-order chi connectivity index (χ1) is 8.25. The molecule has 17 heavy (non-hydrogen) atoms. The lowest BCUT2D eigenvalue weighted by atomic mass is 10.2. The summed E-state index contributed by atoms with van der Waals surface area (Å²) in [6.45, 7) is 4.09. The van der Waals surface area contributed by atoms with Gasteiger partial charge in [-0.1, -0.05) is 6.07 Å². The van der Waals surface area contributed by atoms with E-state index in [1.165, 1.54) is 24.1 Å². The van der Waals surface area contributed by atoms with E-state index in [2.05, 4.69) is 27.8 Å². The van der Waals surface area contributed by atoms with Crippen LogP contribution >= 0.6 is 0 Å². The minimum atomic E-state index is -0.284. The number of fused-ring (bicyclic) bond motifs is 1. The quantitative estimate of drug-likeness (QED) is 0.643. The third-order valence-electron chi connectivity index (χ3n) is 2.98. The number of hydrogen-bond donors (Lipinski definition) is 3. The lowest BCUT2D eigenvalue weighted by molar-refractivity contribution is 0.192. The minimum Gasteiger partial charge on any atom is -0.392 e. The minimum absolute atomic E-state index is 0.284. The Morgan fingerprint density at radius 2 is 2.24 bits per heavy atom. The zero-order valence-electron chi connectivity index (χ0n) is 10.4. The van der Waals surface area contributed by atoms with Crippen molar-refractivity contribution in [1.29, 1.82) is 0 Å². The number of aromatic nitrogens is 1. The van der Waals surface area contributed by atoms with Gasteiger partial charge in [-0.3, -0.25) is 0 Å². The van der Waals surface area contributed by atoms with E-state index in [9.17, 15) is 0 Å². The van der Waals surface area contributed by atoms with Crippen LogP contribution in [0.1, 0.15) is 24.6 Å². The largest absolute Gasteiger partial charge is 0.392 e. The van der Waals surface area contributed by atoms with Crippen LogP contribution in [0.15, 0.2) is 12.1 Å². The van der Waals surface area contributed by atoms with Crippen LogP contribution in [0.25, 0.3) is 0 Å². The molecule has 1 heterocycles. The summed E-state index contributed by atoms with van der Waals surface area (Å²) in [4.78, 5) is 4.60. The molecule has 0 aliphatic heterocycles. The molecule has 1 atom stereocenters. The van der Waals surface area contributed by atoms with Crippen molar-refractivity contribution in [3.05, 3.63) is 23.4 Å². The Bertz CT molecular complexity index is 366. The maximum atomic E-state index is 9.08. The molecule has 0 fully saturated rings. The van der Waals surface area contributed by atoms with Crippen molar-refractivity contribution in [3.8, 4) is 0 Å². The van der Waals surface area contributed by atoms with Crippen molar-refractivity contribution in [1.82, 2.24) is 10.3 Å². The van der Waals surface area contributed by atoms with Crippen molar-refractivity contribution in [2.24, 2.45) is 0 Å². The number of hydrogen-bond acceptors (Lipinski definition) is 4. The molecule has 1 aliphatic carbocycles. The van der Waals surface area contributed by atoms with E-state index in [1.807, 2.05) is 0 Å². The molecule has 4 nitrogen and oxygen atoms in total. The number of aryl methyl sites for hydroxylation is 2. The number of pyridine rings is 1. The molecule has 1 aromatic rings. The Balaban J connectivity index is 1.72. The van der Waals surface area contributed by atoms with Gasteiger partial charge in [0.25, 0.3) is 0 Å². The molecule has 0 saturated heterocycles. The third-order valence-corrected chi connectivity index (χ3v) is 2.98. The molecule has 1 aliphatic rings. The van der Waals surface area contributed by atoms with Gasteiger partial charge in [0.2, 0.25) is 0 Å². The number of nitrogens with one attached hydrogen (secondary N) is 2. The van der Waals surface area contributed by atoms with Crippen LogP contribution in [0.2, 0.25) is 0 Å². The molecule has 0 aromatic carbocycles. The SMILES string of the molecule is CC(O)CNCCNc1ccc2c(n1)CCC2. The number of aliphatic hydroxyl groups excluding tert-OH is 1. The second-order valence-corrected chi connectivity index (χ2v) is 4.64. The normalized spacial score (nSPS) is 15.6. The first kappa shape index (κ1) is 12.3. The van der Waals surface area contributed by atoms with Crippen LogP contribution < -0.4 is 10.6 Å². The summed E-state index contributed by atoms with van der Waals surface area (Å²) in [5, 5.41) is 15.5. The Morgan fingerprint density at radius 3 is 3.06 bits per heavy atom. The summed E-state index contributed by atoms with van der Waals surface area (Å²) < 4.78 is 0. The molecule has 3 N–H and O–H groups in total. The fourth-order valence-electron chi connectivity index (χ4n) is 2.11. The Labute approximate surface area is 102 Å². The molecule has 0 saturated carbocycles. The van der Waals surface area contributed by atoms with Gasteiger partial charge in [0.05, 0.1) is 6.10 Å². The summed E-state index contributed by atoms with van der Waals surface area (Å²) in [6.07, 6.45) is 3.25. The Morgan fingerprint density at radius 1 is 1.35 bits per heavy atom. The monoisotopic (exact) mass is 235 g/mol. The first-order valence-electron chi connectivity index (χ1n) is 6.37. The highest BCUT2D eigenvalue weighted by atomic mass is 16.3. The van der Waals surface area contributed by atoms with Gasteiger partial charge in [-0.25, -0.2) is 4.98 Å². The van der Waals surface area contributed by atoms with Crippen molar-refractivity contribution in [3.63, 3.8) is 0 Å². The topological polar surface area (TPSA) is 57.2 Å². The molecule has 2 rings (SSSR count). The fraction of sp³-hybridized carbons (Fsp3) is 0.615. The van der Waals surface area contributed by atoms with Crippen LogP contribution in [0.4, 0.5) is 5.82 Å². The second kappa shape index (κ2) is 5.98. The van der Waals surface area contributed by atoms with Crippen molar-refractivity contribution < 1.29 is 5.11 Å². The van der Waals surface area contributed by atoms with Crippen molar-refractivity contribution in [2.45, 2.75) is 32.3 Å². The molecule has 0 spiro atoms. The summed E-state index contributed by atoms with van der Waals surface area (Å²) >= 11 is 0. The smallest absolute Gasteiger partial charge is 0.126 e. The lowest BCUT2D eigenvalue weighted by Gasteiger charge is -2.09. The highest BCUT2D eigenvalue weighted by Gasteiger charge is 2.11. The first-order valence-corrected chi connectivity index (χ1v) is 6.37. The van der Waals surface area contributed by atoms with Crippen LogP contribution in [-0.4, -0.2) is 35.8 Å². The van der Waals surface area contributed by atoms with Gasteiger partial charge in [0, 0.05) is 25.3 Å².